The van der Waals surface area contributed by atoms with E-state index in [0.717, 1.165) is 23.9 Å². The molecule has 0 aliphatic heterocycles. The highest BCUT2D eigenvalue weighted by atomic mass is 28.3. The van der Waals surface area contributed by atoms with Crippen LogP contribution in [0.2, 0.25) is 6.55 Å². The first kappa shape index (κ1) is 29.2. The van der Waals surface area contributed by atoms with Gasteiger partial charge in [-0.3, -0.25) is 0 Å². The Morgan fingerprint density at radius 1 is 0.676 bits per heavy atom. The predicted octanol–water partition coefficient (Wildman–Crippen LogP) is 9.15. The Hall–Kier alpha value is -2.36. The zero-order valence-corrected chi connectivity index (χ0v) is 25.4. The molecule has 0 unspecified atom stereocenters. The van der Waals surface area contributed by atoms with Gasteiger partial charge in [0.1, 0.15) is 5.75 Å². The average Bonchev–Trinajstić information content (AvgIpc) is 2.85. The topological polar surface area (TPSA) is 18.5 Å². The van der Waals surface area contributed by atoms with Crippen LogP contribution in [0.1, 0.15) is 99.6 Å². The summed E-state index contributed by atoms with van der Waals surface area (Å²) in [4.78, 5) is 0. The summed E-state index contributed by atoms with van der Waals surface area (Å²) in [6, 6.07) is 28.7. The third-order valence-electron chi connectivity index (χ3n) is 7.35. The summed E-state index contributed by atoms with van der Waals surface area (Å²) < 4.78 is 11.9. The van der Waals surface area contributed by atoms with Crippen LogP contribution in [0.25, 0.3) is 0 Å². The lowest BCUT2D eigenvalue weighted by molar-refractivity contribution is 0.0212. The van der Waals surface area contributed by atoms with Crippen LogP contribution in [0.4, 0.5) is 0 Å². The van der Waals surface area contributed by atoms with E-state index in [2.05, 4.69) is 115 Å². The van der Waals surface area contributed by atoms with Gasteiger partial charge in [-0.2, -0.15) is 0 Å². The van der Waals surface area contributed by atoms with Crippen LogP contribution in [-0.2, 0) is 22.9 Å². The van der Waals surface area contributed by atoms with Crippen LogP contribution in [0, 0.1) is 0 Å². The Morgan fingerprint density at radius 2 is 1.22 bits per heavy atom. The Kier molecular flexibility index (Phi) is 10.6. The summed E-state index contributed by atoms with van der Waals surface area (Å²) >= 11 is 0. The second kappa shape index (κ2) is 13.4. The minimum atomic E-state index is -1.84. The highest BCUT2D eigenvalue weighted by Gasteiger charge is 2.31. The fourth-order valence-electron chi connectivity index (χ4n) is 5.32. The zero-order chi connectivity index (χ0) is 27.0. The molecule has 0 spiro atoms. The Labute approximate surface area is 227 Å². The lowest BCUT2D eigenvalue weighted by Crippen LogP contribution is -2.40. The van der Waals surface area contributed by atoms with E-state index < -0.39 is 8.07 Å². The lowest BCUT2D eigenvalue weighted by Gasteiger charge is -2.30. The second-order valence-electron chi connectivity index (χ2n) is 11.9. The van der Waals surface area contributed by atoms with Crippen molar-refractivity contribution in [1.29, 1.82) is 0 Å². The van der Waals surface area contributed by atoms with Crippen molar-refractivity contribution in [1.82, 2.24) is 0 Å². The van der Waals surface area contributed by atoms with E-state index in [1.54, 1.807) is 0 Å². The van der Waals surface area contributed by atoms with Gasteiger partial charge in [-0.05, 0) is 65.1 Å². The first-order valence-corrected chi connectivity index (χ1v) is 17.2. The van der Waals surface area contributed by atoms with E-state index in [1.807, 2.05) is 6.92 Å². The molecule has 0 saturated heterocycles. The molecule has 3 aromatic rings. The van der Waals surface area contributed by atoms with Crippen LogP contribution in [0.3, 0.4) is 0 Å². The summed E-state index contributed by atoms with van der Waals surface area (Å²) in [7, 11) is -1.84. The largest absolute Gasteiger partial charge is 0.467 e. The third-order valence-corrected chi connectivity index (χ3v) is 11.1. The molecule has 200 valence electrons. The van der Waals surface area contributed by atoms with E-state index in [1.165, 1.54) is 33.4 Å². The van der Waals surface area contributed by atoms with Crippen molar-refractivity contribution in [3.05, 3.63) is 100 Å². The zero-order valence-electron chi connectivity index (χ0n) is 24.4. The molecule has 3 rings (SSSR count). The summed E-state index contributed by atoms with van der Waals surface area (Å²) in [6.45, 7) is 19.2. The van der Waals surface area contributed by atoms with Crippen molar-refractivity contribution in [2.75, 3.05) is 13.4 Å². The van der Waals surface area contributed by atoms with Gasteiger partial charge in [0.25, 0.3) is 0 Å². The van der Waals surface area contributed by atoms with E-state index >= 15 is 0 Å². The van der Waals surface area contributed by atoms with Crippen LogP contribution < -0.4 is 4.74 Å². The first-order chi connectivity index (χ1) is 17.6. The Morgan fingerprint density at radius 3 is 1.70 bits per heavy atom. The number of para-hydroxylation sites is 1. The molecule has 0 atom stereocenters. The quantitative estimate of drug-likeness (QED) is 0.128. The molecule has 0 bridgehead atoms. The van der Waals surface area contributed by atoms with Crippen molar-refractivity contribution in [2.24, 2.45) is 0 Å². The summed E-state index contributed by atoms with van der Waals surface area (Å²) in [5.41, 5.74) is 8.41. The Bertz CT molecular complexity index is 1080. The van der Waals surface area contributed by atoms with Crippen molar-refractivity contribution in [3.8, 4) is 5.75 Å². The average molecular weight is 517 g/mol. The van der Waals surface area contributed by atoms with Crippen LogP contribution in [0.5, 0.6) is 5.75 Å². The molecular weight excluding hydrogens is 468 g/mol. The highest BCUT2D eigenvalue weighted by molar-refractivity contribution is 6.77. The van der Waals surface area contributed by atoms with Gasteiger partial charge in [0.2, 0.25) is 0 Å². The molecule has 0 amide bonds. The van der Waals surface area contributed by atoms with Gasteiger partial charge in [0.15, 0.2) is 6.79 Å². The van der Waals surface area contributed by atoms with Crippen LogP contribution >= 0.6 is 0 Å². The maximum absolute atomic E-state index is 6.32. The fourth-order valence-corrected chi connectivity index (χ4v) is 9.30. The summed E-state index contributed by atoms with van der Waals surface area (Å²) in [6.07, 6.45) is 0. The number of hydrogen-bond donors (Lipinski definition) is 0. The van der Waals surface area contributed by atoms with E-state index in [-0.39, 0.29) is 0 Å². The van der Waals surface area contributed by atoms with Crippen molar-refractivity contribution in [3.63, 3.8) is 0 Å². The van der Waals surface area contributed by atoms with Crippen LogP contribution in [-0.4, -0.2) is 21.5 Å². The van der Waals surface area contributed by atoms with Gasteiger partial charge in [0, 0.05) is 6.61 Å². The molecule has 0 aliphatic rings. The lowest BCUT2D eigenvalue weighted by atomic mass is 9.99. The minimum Gasteiger partial charge on any atom is -0.467 e. The number of benzene rings is 3. The molecule has 3 heteroatoms. The van der Waals surface area contributed by atoms with Gasteiger partial charge >= 0.3 is 0 Å². The molecule has 3 aromatic carbocycles. The summed E-state index contributed by atoms with van der Waals surface area (Å²) in [5.74, 6) is 2.51. The maximum Gasteiger partial charge on any atom is 0.189 e. The molecule has 0 saturated carbocycles. The van der Waals surface area contributed by atoms with Gasteiger partial charge in [-0.25, -0.2) is 0 Å². The number of ether oxygens (including phenoxy) is 2. The summed E-state index contributed by atoms with van der Waals surface area (Å²) in [5, 5.41) is 0. The molecule has 0 fully saturated rings. The second-order valence-corrected chi connectivity index (χ2v) is 16.6. The smallest absolute Gasteiger partial charge is 0.189 e. The van der Waals surface area contributed by atoms with E-state index in [4.69, 9.17) is 9.47 Å². The maximum atomic E-state index is 6.32. The van der Waals surface area contributed by atoms with Gasteiger partial charge in [-0.1, -0.05) is 126 Å². The molecule has 2 nitrogen and oxygen atoms in total. The van der Waals surface area contributed by atoms with E-state index in [9.17, 15) is 0 Å². The standard InChI is InChI=1S/C34H48O2Si/c1-9-35-24-36-34-32(17-12-18-33(34)27(6)7)23-37(8,21-28-13-10-15-30(19-28)25(2)3)22-29-14-11-16-31(20-29)26(4)5/h10-20,25-27H,9,21-24H2,1-8H3. The highest BCUT2D eigenvalue weighted by Crippen LogP contribution is 2.34. The molecular formula is C34H48O2Si. The molecule has 0 radical (unpaired) electrons. The monoisotopic (exact) mass is 516 g/mol. The molecule has 0 aromatic heterocycles. The first-order valence-electron chi connectivity index (χ1n) is 14.1. The molecule has 0 heterocycles. The number of rotatable bonds is 13. The third kappa shape index (κ3) is 8.31. The van der Waals surface area contributed by atoms with Gasteiger partial charge < -0.3 is 9.47 Å². The van der Waals surface area contributed by atoms with Crippen molar-refractivity contribution < 1.29 is 9.47 Å². The van der Waals surface area contributed by atoms with Crippen LogP contribution in [0.15, 0.2) is 66.7 Å². The molecule has 0 N–H and O–H groups in total. The predicted molar refractivity (Wildman–Crippen MR) is 161 cm³/mol. The molecule has 0 aliphatic carbocycles. The molecule has 37 heavy (non-hydrogen) atoms. The van der Waals surface area contributed by atoms with Crippen molar-refractivity contribution in [2.45, 2.75) is 90.9 Å². The Balaban J connectivity index is 2.03. The van der Waals surface area contributed by atoms with Crippen molar-refractivity contribution >= 4 is 8.07 Å². The van der Waals surface area contributed by atoms with E-state index in [0.29, 0.717) is 31.2 Å². The number of hydrogen-bond acceptors (Lipinski definition) is 2. The fraction of sp³-hybridized carbons (Fsp3) is 0.471. The SMILES string of the molecule is CCOCOc1c(C[Si](C)(Cc2cccc(C(C)C)c2)Cc2cccc(C(C)C)c2)cccc1C(C)C. The minimum absolute atomic E-state index is 0.304. The normalized spacial score (nSPS) is 12.1. The van der Waals surface area contributed by atoms with Gasteiger partial charge in [-0.15, -0.1) is 0 Å². The van der Waals surface area contributed by atoms with Gasteiger partial charge in [0.05, 0.1) is 8.07 Å².